The number of hydrogen-bond donors (Lipinski definition) is 3. The Hall–Kier alpha value is -2.41. The van der Waals surface area contributed by atoms with Crippen molar-refractivity contribution >= 4 is 29.2 Å². The van der Waals surface area contributed by atoms with E-state index in [9.17, 15) is 9.59 Å². The number of carbonyl (C=O) groups excluding carboxylic acids is 1. The molecule has 0 saturated carbocycles. The smallest absolute Gasteiger partial charge is 0.335 e. The first-order valence-corrected chi connectivity index (χ1v) is 5.58. The molecule has 0 unspecified atom stereocenters. The molecule has 0 radical (unpaired) electrons. The Labute approximate surface area is 112 Å². The molecule has 1 heterocycles. The van der Waals surface area contributed by atoms with Crippen LogP contribution in [0.2, 0.25) is 5.02 Å². The van der Waals surface area contributed by atoms with Crippen molar-refractivity contribution in [3.63, 3.8) is 0 Å². The predicted molar refractivity (Wildman–Crippen MR) is 67.5 cm³/mol. The van der Waals surface area contributed by atoms with Gasteiger partial charge in [-0.15, -0.1) is 5.10 Å². The molecule has 19 heavy (non-hydrogen) atoms. The Morgan fingerprint density at radius 1 is 1.42 bits per heavy atom. The maximum Gasteiger partial charge on any atom is 0.335 e. The molecular weight excluding hydrogens is 272 g/mol. The lowest BCUT2D eigenvalue weighted by molar-refractivity contribution is 0.0696. The van der Waals surface area contributed by atoms with E-state index in [0.29, 0.717) is 5.82 Å². The van der Waals surface area contributed by atoms with Crippen LogP contribution >= 0.6 is 11.6 Å². The zero-order chi connectivity index (χ0) is 14.0. The second-order valence-corrected chi connectivity index (χ2v) is 4.11. The minimum Gasteiger partial charge on any atom is -0.478 e. The summed E-state index contributed by atoms with van der Waals surface area (Å²) in [6.45, 7) is 1.65. The van der Waals surface area contributed by atoms with Crippen molar-refractivity contribution in [1.82, 2.24) is 15.2 Å². The number of anilines is 1. The second kappa shape index (κ2) is 5.07. The number of nitrogens with zero attached hydrogens (tertiary/aromatic N) is 2. The fourth-order valence-corrected chi connectivity index (χ4v) is 1.54. The quantitative estimate of drug-likeness (QED) is 0.793. The first kappa shape index (κ1) is 13.0. The number of rotatable bonds is 3. The van der Waals surface area contributed by atoms with Crippen LogP contribution in [0.3, 0.4) is 0 Å². The maximum atomic E-state index is 11.8. The molecule has 8 heteroatoms. The number of aromatic carboxylic acids is 1. The molecule has 0 aliphatic rings. The zero-order valence-electron chi connectivity index (χ0n) is 9.77. The monoisotopic (exact) mass is 280 g/mol. The number of H-pyrrole nitrogens is 1. The van der Waals surface area contributed by atoms with Gasteiger partial charge < -0.3 is 10.4 Å². The Bertz CT molecular complexity index is 653. The van der Waals surface area contributed by atoms with E-state index in [4.69, 9.17) is 16.7 Å². The lowest BCUT2D eigenvalue weighted by Gasteiger charge is -2.06. The van der Waals surface area contributed by atoms with Gasteiger partial charge in [0.2, 0.25) is 5.82 Å². The average Bonchev–Trinajstić information content (AvgIpc) is 2.78. The molecule has 7 nitrogen and oxygen atoms in total. The number of hydrogen-bond acceptors (Lipinski definition) is 4. The Balaban J connectivity index is 2.25. The SMILES string of the molecule is Cc1nc(C(=O)Nc2cc(C(=O)O)ccc2Cl)n[nH]1. The summed E-state index contributed by atoms with van der Waals surface area (Å²) in [5.74, 6) is -1.24. The minimum absolute atomic E-state index is 0.0193. The van der Waals surface area contributed by atoms with Crippen molar-refractivity contribution in [2.45, 2.75) is 6.92 Å². The summed E-state index contributed by atoms with van der Waals surface area (Å²) in [6.07, 6.45) is 0. The van der Waals surface area contributed by atoms with Gasteiger partial charge in [-0.05, 0) is 25.1 Å². The molecule has 0 spiro atoms. The Kier molecular flexibility index (Phi) is 3.48. The molecule has 0 aliphatic carbocycles. The first-order valence-electron chi connectivity index (χ1n) is 5.20. The van der Waals surface area contributed by atoms with E-state index in [0.717, 1.165) is 0 Å². The van der Waals surface area contributed by atoms with E-state index >= 15 is 0 Å². The molecule has 98 valence electrons. The van der Waals surface area contributed by atoms with Gasteiger partial charge in [0, 0.05) is 0 Å². The van der Waals surface area contributed by atoms with Crippen LogP contribution in [0.5, 0.6) is 0 Å². The summed E-state index contributed by atoms with van der Waals surface area (Å²) in [5.41, 5.74) is 0.208. The standard InChI is InChI=1S/C11H9ClN4O3/c1-5-13-9(16-15-5)10(17)14-8-4-6(11(18)19)2-3-7(8)12/h2-4H,1H3,(H,14,17)(H,18,19)(H,13,15,16). The maximum absolute atomic E-state index is 11.8. The number of aromatic amines is 1. The third-order valence-electron chi connectivity index (χ3n) is 2.26. The van der Waals surface area contributed by atoms with E-state index in [-0.39, 0.29) is 22.1 Å². The van der Waals surface area contributed by atoms with Crippen LogP contribution in [0, 0.1) is 6.92 Å². The third kappa shape index (κ3) is 2.89. The number of carboxylic acid groups (broad SMARTS) is 1. The highest BCUT2D eigenvalue weighted by molar-refractivity contribution is 6.34. The number of benzene rings is 1. The molecule has 1 amide bonds. The highest BCUT2D eigenvalue weighted by Crippen LogP contribution is 2.23. The average molecular weight is 281 g/mol. The van der Waals surface area contributed by atoms with Crippen molar-refractivity contribution in [2.75, 3.05) is 5.32 Å². The number of aryl methyl sites for hydroxylation is 1. The van der Waals surface area contributed by atoms with Crippen molar-refractivity contribution in [1.29, 1.82) is 0 Å². The molecule has 0 bridgehead atoms. The molecule has 0 atom stereocenters. The van der Waals surface area contributed by atoms with Crippen LogP contribution in [0.4, 0.5) is 5.69 Å². The number of amides is 1. The van der Waals surface area contributed by atoms with Gasteiger partial charge >= 0.3 is 5.97 Å². The van der Waals surface area contributed by atoms with E-state index < -0.39 is 11.9 Å². The molecular formula is C11H9ClN4O3. The predicted octanol–water partition coefficient (Wildman–Crippen LogP) is 1.72. The minimum atomic E-state index is -1.11. The molecule has 1 aromatic heterocycles. The van der Waals surface area contributed by atoms with Crippen molar-refractivity contribution in [3.8, 4) is 0 Å². The number of halogens is 1. The van der Waals surface area contributed by atoms with Gasteiger partial charge in [0.25, 0.3) is 5.91 Å². The van der Waals surface area contributed by atoms with Crippen LogP contribution in [0.25, 0.3) is 0 Å². The fraction of sp³-hybridized carbons (Fsp3) is 0.0909. The second-order valence-electron chi connectivity index (χ2n) is 3.70. The number of carbonyl (C=O) groups is 2. The summed E-state index contributed by atoms with van der Waals surface area (Å²) in [4.78, 5) is 26.5. The van der Waals surface area contributed by atoms with Gasteiger partial charge in [-0.25, -0.2) is 9.78 Å². The molecule has 1 aromatic carbocycles. The normalized spacial score (nSPS) is 10.2. The molecule has 0 saturated heterocycles. The molecule has 2 aromatic rings. The lowest BCUT2D eigenvalue weighted by Crippen LogP contribution is -2.14. The lowest BCUT2D eigenvalue weighted by atomic mass is 10.2. The Morgan fingerprint density at radius 3 is 2.74 bits per heavy atom. The fourth-order valence-electron chi connectivity index (χ4n) is 1.38. The summed E-state index contributed by atoms with van der Waals surface area (Å²) in [5, 5.41) is 17.8. The summed E-state index contributed by atoms with van der Waals surface area (Å²) < 4.78 is 0. The highest BCUT2D eigenvalue weighted by atomic mass is 35.5. The van der Waals surface area contributed by atoms with Gasteiger partial charge in [-0.2, -0.15) is 0 Å². The van der Waals surface area contributed by atoms with Gasteiger partial charge in [-0.1, -0.05) is 11.6 Å². The van der Waals surface area contributed by atoms with Crippen LogP contribution in [0.15, 0.2) is 18.2 Å². The third-order valence-corrected chi connectivity index (χ3v) is 2.59. The summed E-state index contributed by atoms with van der Waals surface area (Å²) >= 11 is 5.88. The topological polar surface area (TPSA) is 108 Å². The van der Waals surface area contributed by atoms with E-state index in [2.05, 4.69) is 20.5 Å². The van der Waals surface area contributed by atoms with Gasteiger partial charge in [0.15, 0.2) is 0 Å². The Morgan fingerprint density at radius 2 is 2.16 bits per heavy atom. The number of carboxylic acids is 1. The van der Waals surface area contributed by atoms with Crippen LogP contribution in [0.1, 0.15) is 26.8 Å². The van der Waals surface area contributed by atoms with Gasteiger partial charge in [-0.3, -0.25) is 9.89 Å². The van der Waals surface area contributed by atoms with Gasteiger partial charge in [0.05, 0.1) is 16.3 Å². The van der Waals surface area contributed by atoms with E-state index in [1.807, 2.05) is 0 Å². The van der Waals surface area contributed by atoms with Crippen molar-refractivity contribution < 1.29 is 14.7 Å². The van der Waals surface area contributed by atoms with Crippen LogP contribution in [-0.2, 0) is 0 Å². The highest BCUT2D eigenvalue weighted by Gasteiger charge is 2.14. The largest absolute Gasteiger partial charge is 0.478 e. The van der Waals surface area contributed by atoms with E-state index in [1.54, 1.807) is 6.92 Å². The molecule has 2 rings (SSSR count). The number of nitrogens with one attached hydrogen (secondary N) is 2. The van der Waals surface area contributed by atoms with E-state index in [1.165, 1.54) is 18.2 Å². The van der Waals surface area contributed by atoms with Crippen LogP contribution in [-0.4, -0.2) is 32.2 Å². The molecule has 0 aliphatic heterocycles. The molecule has 3 N–H and O–H groups in total. The van der Waals surface area contributed by atoms with Crippen molar-refractivity contribution in [3.05, 3.63) is 40.4 Å². The molecule has 0 fully saturated rings. The summed E-state index contributed by atoms with van der Waals surface area (Å²) in [7, 11) is 0. The van der Waals surface area contributed by atoms with Crippen molar-refractivity contribution in [2.24, 2.45) is 0 Å². The van der Waals surface area contributed by atoms with Gasteiger partial charge in [0.1, 0.15) is 5.82 Å². The zero-order valence-corrected chi connectivity index (χ0v) is 10.5. The number of aromatic nitrogens is 3. The summed E-state index contributed by atoms with van der Waals surface area (Å²) in [6, 6.07) is 4.00. The van der Waals surface area contributed by atoms with Crippen LogP contribution < -0.4 is 5.32 Å². The first-order chi connectivity index (χ1) is 8.97.